The molecule has 1 aromatic rings. The van der Waals surface area contributed by atoms with Crippen LogP contribution >= 0.6 is 0 Å². The lowest BCUT2D eigenvalue weighted by Gasteiger charge is -2.03. The van der Waals surface area contributed by atoms with Gasteiger partial charge >= 0.3 is 11.8 Å². The second-order valence-electron chi connectivity index (χ2n) is 3.90. The molecule has 0 radical (unpaired) electrons. The normalized spacial score (nSPS) is 9.41. The highest BCUT2D eigenvalue weighted by molar-refractivity contribution is 6.41. The SMILES string of the molecule is Cc1ccc(C#CC(=O)C(=O)OC(C)C)cc1. The maximum Gasteiger partial charge on any atom is 0.388 e. The van der Waals surface area contributed by atoms with Crippen molar-refractivity contribution in [1.29, 1.82) is 0 Å². The summed E-state index contributed by atoms with van der Waals surface area (Å²) >= 11 is 0. The van der Waals surface area contributed by atoms with Gasteiger partial charge in [-0.2, -0.15) is 0 Å². The molecule has 0 amide bonds. The number of Topliss-reactive ketones (excluding diaryl/α,β-unsaturated/α-hetero) is 1. The van der Waals surface area contributed by atoms with Gasteiger partial charge < -0.3 is 4.74 Å². The van der Waals surface area contributed by atoms with Gasteiger partial charge in [0.1, 0.15) is 0 Å². The lowest BCUT2D eigenvalue weighted by Crippen LogP contribution is -2.19. The number of hydrogen-bond acceptors (Lipinski definition) is 3. The third-order valence-corrected chi connectivity index (χ3v) is 1.90. The van der Waals surface area contributed by atoms with Gasteiger partial charge in [-0.15, -0.1) is 0 Å². The van der Waals surface area contributed by atoms with Crippen LogP contribution in [0.3, 0.4) is 0 Å². The maximum absolute atomic E-state index is 11.3. The fourth-order valence-electron chi connectivity index (χ4n) is 1.08. The molecule has 0 atom stereocenters. The molecule has 0 bridgehead atoms. The van der Waals surface area contributed by atoms with Crippen molar-refractivity contribution in [2.24, 2.45) is 0 Å². The summed E-state index contributed by atoms with van der Waals surface area (Å²) < 4.78 is 4.73. The van der Waals surface area contributed by atoms with E-state index in [1.54, 1.807) is 26.0 Å². The number of ketones is 1. The first kappa shape index (κ1) is 13.0. The van der Waals surface area contributed by atoms with Crippen molar-refractivity contribution in [2.45, 2.75) is 26.9 Å². The minimum atomic E-state index is -0.903. The van der Waals surface area contributed by atoms with Gasteiger partial charge in [0, 0.05) is 5.56 Å². The topological polar surface area (TPSA) is 43.4 Å². The standard InChI is InChI=1S/C14H14O3/c1-10(2)17-14(16)13(15)9-8-12-6-4-11(3)5-7-12/h4-7,10H,1-3H3. The van der Waals surface area contributed by atoms with Crippen molar-refractivity contribution in [1.82, 2.24) is 0 Å². The minimum absolute atomic E-state index is 0.312. The number of rotatable bonds is 2. The average molecular weight is 230 g/mol. The Morgan fingerprint density at radius 2 is 1.76 bits per heavy atom. The van der Waals surface area contributed by atoms with Gasteiger partial charge in [0.15, 0.2) is 0 Å². The summed E-state index contributed by atoms with van der Waals surface area (Å²) in [6.07, 6.45) is -0.312. The molecule has 0 N–H and O–H groups in total. The van der Waals surface area contributed by atoms with Gasteiger partial charge in [-0.3, -0.25) is 4.79 Å². The summed E-state index contributed by atoms with van der Waals surface area (Å²) in [4.78, 5) is 22.4. The van der Waals surface area contributed by atoms with E-state index < -0.39 is 11.8 Å². The van der Waals surface area contributed by atoms with E-state index in [1.165, 1.54) is 0 Å². The third-order valence-electron chi connectivity index (χ3n) is 1.90. The monoisotopic (exact) mass is 230 g/mol. The van der Waals surface area contributed by atoms with Crippen LogP contribution in [0.1, 0.15) is 25.0 Å². The van der Waals surface area contributed by atoms with Crippen LogP contribution in [0.15, 0.2) is 24.3 Å². The minimum Gasteiger partial charge on any atom is -0.456 e. The van der Waals surface area contributed by atoms with Crippen LogP contribution in [0.5, 0.6) is 0 Å². The molecule has 0 saturated carbocycles. The van der Waals surface area contributed by atoms with E-state index in [0.29, 0.717) is 5.56 Å². The van der Waals surface area contributed by atoms with E-state index in [9.17, 15) is 9.59 Å². The highest BCUT2D eigenvalue weighted by Crippen LogP contribution is 2.00. The quantitative estimate of drug-likeness (QED) is 0.442. The van der Waals surface area contributed by atoms with Crippen molar-refractivity contribution in [2.75, 3.05) is 0 Å². The van der Waals surface area contributed by atoms with E-state index in [-0.39, 0.29) is 6.10 Å². The second-order valence-corrected chi connectivity index (χ2v) is 3.90. The first-order valence-corrected chi connectivity index (χ1v) is 5.32. The zero-order valence-electron chi connectivity index (χ0n) is 10.1. The maximum atomic E-state index is 11.3. The Balaban J connectivity index is 2.69. The zero-order valence-corrected chi connectivity index (χ0v) is 10.1. The lowest BCUT2D eigenvalue weighted by atomic mass is 10.1. The first-order chi connectivity index (χ1) is 7.99. The Hall–Kier alpha value is -2.08. The summed E-state index contributed by atoms with van der Waals surface area (Å²) in [5.74, 6) is 3.16. The molecule has 1 aromatic carbocycles. The lowest BCUT2D eigenvalue weighted by molar-refractivity contribution is -0.154. The molecule has 0 saturated heterocycles. The predicted molar refractivity (Wildman–Crippen MR) is 64.3 cm³/mol. The molecule has 0 unspecified atom stereocenters. The molecular formula is C14H14O3. The Labute approximate surface area is 101 Å². The Morgan fingerprint density at radius 3 is 2.29 bits per heavy atom. The second kappa shape index (κ2) is 5.86. The number of esters is 1. The molecule has 0 heterocycles. The average Bonchev–Trinajstić information content (AvgIpc) is 2.27. The molecule has 0 aliphatic carbocycles. The molecule has 3 nitrogen and oxygen atoms in total. The number of carbonyl (C=O) groups is 2. The van der Waals surface area contributed by atoms with Crippen LogP contribution in [0.2, 0.25) is 0 Å². The van der Waals surface area contributed by atoms with E-state index >= 15 is 0 Å². The molecule has 88 valence electrons. The van der Waals surface area contributed by atoms with Crippen LogP contribution in [0, 0.1) is 18.8 Å². The van der Waals surface area contributed by atoms with Crippen molar-refractivity contribution >= 4 is 11.8 Å². The van der Waals surface area contributed by atoms with Crippen molar-refractivity contribution < 1.29 is 14.3 Å². The third kappa shape index (κ3) is 4.52. The molecule has 0 fully saturated rings. The molecule has 0 aliphatic heterocycles. The van der Waals surface area contributed by atoms with Crippen molar-refractivity contribution in [3.63, 3.8) is 0 Å². The van der Waals surface area contributed by atoms with Gasteiger partial charge in [0.05, 0.1) is 6.10 Å². The van der Waals surface area contributed by atoms with E-state index in [4.69, 9.17) is 4.74 Å². The van der Waals surface area contributed by atoms with Gasteiger partial charge in [-0.1, -0.05) is 23.6 Å². The van der Waals surface area contributed by atoms with E-state index in [0.717, 1.165) is 5.56 Å². The smallest absolute Gasteiger partial charge is 0.388 e. The molecule has 0 aromatic heterocycles. The Bertz CT molecular complexity index is 472. The summed E-state index contributed by atoms with van der Waals surface area (Å²) in [6, 6.07) is 7.37. The van der Waals surface area contributed by atoms with Crippen LogP contribution in [0.25, 0.3) is 0 Å². The van der Waals surface area contributed by atoms with Gasteiger partial charge in [-0.25, -0.2) is 4.79 Å². The van der Waals surface area contributed by atoms with Crippen LogP contribution in [-0.4, -0.2) is 17.9 Å². The van der Waals surface area contributed by atoms with Gasteiger partial charge in [-0.05, 0) is 38.8 Å². The summed E-state index contributed by atoms with van der Waals surface area (Å²) in [6.45, 7) is 5.32. The number of carbonyl (C=O) groups excluding carboxylic acids is 2. The summed E-state index contributed by atoms with van der Waals surface area (Å²) in [5.41, 5.74) is 1.81. The molecule has 0 aliphatic rings. The highest BCUT2D eigenvalue weighted by Gasteiger charge is 2.13. The number of hydrogen-bond donors (Lipinski definition) is 0. The molecular weight excluding hydrogens is 216 g/mol. The van der Waals surface area contributed by atoms with Gasteiger partial charge in [0.25, 0.3) is 0 Å². The van der Waals surface area contributed by atoms with Crippen LogP contribution in [0.4, 0.5) is 0 Å². The Kier molecular flexibility index (Phi) is 4.47. The molecule has 1 rings (SSSR count). The van der Waals surface area contributed by atoms with Crippen LogP contribution < -0.4 is 0 Å². The fourth-order valence-corrected chi connectivity index (χ4v) is 1.08. The van der Waals surface area contributed by atoms with Crippen LogP contribution in [-0.2, 0) is 14.3 Å². The van der Waals surface area contributed by atoms with E-state index in [2.05, 4.69) is 11.8 Å². The number of aryl methyl sites for hydroxylation is 1. The van der Waals surface area contributed by atoms with Crippen molar-refractivity contribution in [3.8, 4) is 11.8 Å². The first-order valence-electron chi connectivity index (χ1n) is 5.32. The summed E-state index contributed by atoms with van der Waals surface area (Å²) in [7, 11) is 0. The highest BCUT2D eigenvalue weighted by atomic mass is 16.5. The summed E-state index contributed by atoms with van der Waals surface area (Å²) in [5, 5.41) is 0. The molecule has 0 spiro atoms. The van der Waals surface area contributed by atoms with Crippen molar-refractivity contribution in [3.05, 3.63) is 35.4 Å². The molecule has 17 heavy (non-hydrogen) atoms. The van der Waals surface area contributed by atoms with Gasteiger partial charge in [0.2, 0.25) is 0 Å². The predicted octanol–water partition coefficient (Wildman–Crippen LogP) is 1.87. The van der Waals surface area contributed by atoms with E-state index in [1.807, 2.05) is 19.1 Å². The zero-order chi connectivity index (χ0) is 12.8. The number of ether oxygens (including phenoxy) is 1. The largest absolute Gasteiger partial charge is 0.456 e. The molecule has 3 heteroatoms. The fraction of sp³-hybridized carbons (Fsp3) is 0.286. The Morgan fingerprint density at radius 1 is 1.18 bits per heavy atom. The number of benzene rings is 1.